The number of ether oxygens (including phenoxy) is 1. The molecule has 0 heterocycles. The zero-order valence-corrected chi connectivity index (χ0v) is 23.9. The Hall–Kier alpha value is -4.34. The molecule has 0 radical (unpaired) electrons. The highest BCUT2D eigenvalue weighted by atomic mass is 79.9. The second-order valence-corrected chi connectivity index (χ2v) is 10.4. The molecule has 4 rings (SSSR count). The minimum Gasteiger partial charge on any atom is -0.497 e. The van der Waals surface area contributed by atoms with E-state index in [2.05, 4.69) is 31.9 Å². The fraction of sp³-hybridized carbons (Fsp3) is 0.0645. The number of carbonyl (C=O) groups excluding carboxylic acids is 3. The highest BCUT2D eigenvalue weighted by Crippen LogP contribution is 2.22. The molecular weight excluding hydrogens is 590 g/mol. The normalized spacial score (nSPS) is 10.9. The maximum Gasteiger partial charge on any atom is 0.272 e. The van der Waals surface area contributed by atoms with Crippen molar-refractivity contribution in [3.8, 4) is 5.75 Å². The molecule has 0 atom stereocenters. The number of hydrogen-bond donors (Lipinski definition) is 3. The first kappa shape index (κ1) is 28.7. The van der Waals surface area contributed by atoms with Crippen LogP contribution in [0.15, 0.2) is 118 Å². The van der Waals surface area contributed by atoms with Gasteiger partial charge in [-0.3, -0.25) is 14.4 Å². The molecule has 3 N–H and O–H groups in total. The summed E-state index contributed by atoms with van der Waals surface area (Å²) in [6.07, 6.45) is 1.62. The molecule has 0 spiro atoms. The maximum atomic E-state index is 13.2. The molecule has 4 aromatic rings. The molecule has 4 aromatic carbocycles. The van der Waals surface area contributed by atoms with Crippen LogP contribution in [0.4, 0.5) is 11.4 Å². The summed E-state index contributed by atoms with van der Waals surface area (Å²) in [5.74, 6) is -0.123. The molecule has 0 fully saturated rings. The van der Waals surface area contributed by atoms with Gasteiger partial charge in [0.05, 0.1) is 12.9 Å². The minimum absolute atomic E-state index is 0.101. The van der Waals surface area contributed by atoms with Crippen LogP contribution < -0.4 is 20.7 Å². The van der Waals surface area contributed by atoms with E-state index in [4.69, 9.17) is 4.74 Å². The average Bonchev–Trinajstić information content (AvgIpc) is 2.98. The lowest BCUT2D eigenvalue weighted by molar-refractivity contribution is -0.114. The van der Waals surface area contributed by atoms with Crippen LogP contribution in [0.2, 0.25) is 0 Å². The lowest BCUT2D eigenvalue weighted by Gasteiger charge is -2.12. The molecule has 0 saturated heterocycles. The summed E-state index contributed by atoms with van der Waals surface area (Å²) in [6, 6.07) is 30.4. The monoisotopic (exact) mass is 615 g/mol. The van der Waals surface area contributed by atoms with Gasteiger partial charge in [-0.05, 0) is 72.3 Å². The number of nitrogens with one attached hydrogen (secondary N) is 3. The van der Waals surface area contributed by atoms with Crippen LogP contribution in [0.5, 0.6) is 5.75 Å². The number of halogens is 1. The van der Waals surface area contributed by atoms with E-state index < -0.39 is 11.8 Å². The predicted molar refractivity (Wildman–Crippen MR) is 163 cm³/mol. The standard InChI is InChI=1S/C31H26BrN3O4S/c1-39-26-9-5-8-25(19-26)33-29(36)20-40-27-16-14-24(15-17-27)34-31(38)28(18-21-10-12-23(32)13-11-21)35-30(37)22-6-3-2-4-7-22/h2-19H,20H2,1H3,(H,33,36)(H,34,38)(H,35,37)/b28-18-. The highest BCUT2D eigenvalue weighted by molar-refractivity contribution is 9.10. The van der Waals surface area contributed by atoms with Crippen LogP contribution in [0, 0.1) is 0 Å². The second kappa shape index (κ2) is 14.2. The number of amides is 3. The van der Waals surface area contributed by atoms with Gasteiger partial charge >= 0.3 is 0 Å². The molecule has 0 aliphatic carbocycles. The topological polar surface area (TPSA) is 96.5 Å². The fourth-order valence-electron chi connectivity index (χ4n) is 3.55. The first-order valence-corrected chi connectivity index (χ1v) is 14.0. The van der Waals surface area contributed by atoms with Gasteiger partial charge in [-0.1, -0.05) is 52.3 Å². The third kappa shape index (κ3) is 8.59. The molecule has 0 aromatic heterocycles. The largest absolute Gasteiger partial charge is 0.497 e. The van der Waals surface area contributed by atoms with E-state index >= 15 is 0 Å². The SMILES string of the molecule is COc1cccc(NC(=O)CSc2ccc(NC(=O)/C(=C/c3ccc(Br)cc3)NC(=O)c3ccccc3)cc2)c1. The number of hydrogen-bond acceptors (Lipinski definition) is 5. The smallest absolute Gasteiger partial charge is 0.272 e. The Kier molecular flexibility index (Phi) is 10.1. The van der Waals surface area contributed by atoms with Gasteiger partial charge in [-0.25, -0.2) is 0 Å². The molecular formula is C31H26BrN3O4S. The Morgan fingerprint density at radius 1 is 0.825 bits per heavy atom. The lowest BCUT2D eigenvalue weighted by atomic mass is 10.1. The van der Waals surface area contributed by atoms with Crippen molar-refractivity contribution in [1.29, 1.82) is 0 Å². The van der Waals surface area contributed by atoms with Crippen molar-refractivity contribution in [2.24, 2.45) is 0 Å². The second-order valence-electron chi connectivity index (χ2n) is 8.48. The summed E-state index contributed by atoms with van der Waals surface area (Å²) in [4.78, 5) is 39.2. The van der Waals surface area contributed by atoms with Crippen LogP contribution in [0.1, 0.15) is 15.9 Å². The van der Waals surface area contributed by atoms with E-state index in [0.29, 0.717) is 22.7 Å². The number of carbonyl (C=O) groups is 3. The number of thioether (sulfide) groups is 1. The van der Waals surface area contributed by atoms with Gasteiger partial charge in [0.2, 0.25) is 5.91 Å². The number of benzene rings is 4. The Morgan fingerprint density at radius 2 is 1.55 bits per heavy atom. The molecule has 202 valence electrons. The Bertz CT molecular complexity index is 1510. The minimum atomic E-state index is -0.467. The van der Waals surface area contributed by atoms with Gasteiger partial charge in [0.1, 0.15) is 11.4 Å². The number of methoxy groups -OCH3 is 1. The van der Waals surface area contributed by atoms with Gasteiger partial charge in [0.15, 0.2) is 0 Å². The first-order chi connectivity index (χ1) is 19.4. The van der Waals surface area contributed by atoms with Crippen LogP contribution in [-0.2, 0) is 9.59 Å². The van der Waals surface area contributed by atoms with E-state index in [1.807, 2.05) is 48.5 Å². The fourth-order valence-corrected chi connectivity index (χ4v) is 4.51. The van der Waals surface area contributed by atoms with E-state index in [0.717, 1.165) is 14.9 Å². The Morgan fingerprint density at radius 3 is 2.25 bits per heavy atom. The van der Waals surface area contributed by atoms with Gasteiger partial charge in [0, 0.05) is 32.4 Å². The van der Waals surface area contributed by atoms with Crippen molar-refractivity contribution >= 4 is 62.9 Å². The van der Waals surface area contributed by atoms with Crippen molar-refractivity contribution < 1.29 is 19.1 Å². The van der Waals surface area contributed by atoms with E-state index in [1.54, 1.807) is 67.8 Å². The molecule has 0 bridgehead atoms. The van der Waals surface area contributed by atoms with Crippen LogP contribution >= 0.6 is 27.7 Å². The summed E-state index contributed by atoms with van der Waals surface area (Å²) >= 11 is 4.77. The molecule has 40 heavy (non-hydrogen) atoms. The van der Waals surface area contributed by atoms with Crippen molar-refractivity contribution in [1.82, 2.24) is 5.32 Å². The maximum absolute atomic E-state index is 13.2. The Balaban J connectivity index is 1.39. The third-order valence-electron chi connectivity index (χ3n) is 5.55. The summed E-state index contributed by atoms with van der Waals surface area (Å²) in [7, 11) is 1.57. The van der Waals surface area contributed by atoms with Gasteiger partial charge in [-0.2, -0.15) is 0 Å². The van der Waals surface area contributed by atoms with Crippen LogP contribution in [-0.4, -0.2) is 30.6 Å². The van der Waals surface area contributed by atoms with E-state index in [9.17, 15) is 14.4 Å². The van der Waals surface area contributed by atoms with E-state index in [-0.39, 0.29) is 17.4 Å². The zero-order chi connectivity index (χ0) is 28.3. The van der Waals surface area contributed by atoms with Gasteiger partial charge in [0.25, 0.3) is 11.8 Å². The lowest BCUT2D eigenvalue weighted by Crippen LogP contribution is -2.30. The zero-order valence-electron chi connectivity index (χ0n) is 21.5. The third-order valence-corrected chi connectivity index (χ3v) is 7.09. The van der Waals surface area contributed by atoms with Crippen molar-refractivity contribution in [3.05, 3.63) is 124 Å². The van der Waals surface area contributed by atoms with Gasteiger partial charge in [-0.15, -0.1) is 11.8 Å². The molecule has 0 aliphatic heterocycles. The molecule has 0 aliphatic rings. The average molecular weight is 617 g/mol. The number of rotatable bonds is 10. The molecule has 3 amide bonds. The molecule has 7 nitrogen and oxygen atoms in total. The summed E-state index contributed by atoms with van der Waals surface area (Å²) in [5, 5.41) is 8.41. The first-order valence-electron chi connectivity index (χ1n) is 12.2. The Labute approximate surface area is 245 Å². The summed E-state index contributed by atoms with van der Waals surface area (Å²) in [6.45, 7) is 0. The van der Waals surface area contributed by atoms with E-state index in [1.165, 1.54) is 11.8 Å². The quantitative estimate of drug-likeness (QED) is 0.138. The molecule has 0 saturated carbocycles. The molecule has 9 heteroatoms. The van der Waals surface area contributed by atoms with Crippen molar-refractivity contribution in [2.45, 2.75) is 4.90 Å². The molecule has 0 unspecified atom stereocenters. The van der Waals surface area contributed by atoms with Crippen LogP contribution in [0.3, 0.4) is 0 Å². The van der Waals surface area contributed by atoms with Crippen molar-refractivity contribution in [3.63, 3.8) is 0 Å². The van der Waals surface area contributed by atoms with Gasteiger partial charge < -0.3 is 20.7 Å². The number of anilines is 2. The summed E-state index contributed by atoms with van der Waals surface area (Å²) < 4.78 is 6.08. The highest BCUT2D eigenvalue weighted by Gasteiger charge is 2.15. The predicted octanol–water partition coefficient (Wildman–Crippen LogP) is 6.60. The summed E-state index contributed by atoms with van der Waals surface area (Å²) in [5.41, 5.74) is 2.50. The van der Waals surface area contributed by atoms with Crippen molar-refractivity contribution in [2.75, 3.05) is 23.5 Å². The van der Waals surface area contributed by atoms with Crippen LogP contribution in [0.25, 0.3) is 6.08 Å².